The largest absolute Gasteiger partial charge is 0.451 e. The minimum absolute atomic E-state index is 0.303. The van der Waals surface area contributed by atoms with Crippen molar-refractivity contribution >= 4 is 33.3 Å². The molecule has 0 aliphatic rings. The number of halogens is 1. The Balaban J connectivity index is 2.25. The molecule has 0 aliphatic carbocycles. The van der Waals surface area contributed by atoms with Crippen molar-refractivity contribution in [2.75, 3.05) is 20.7 Å². The molecule has 0 aliphatic heterocycles. The molecule has 0 N–H and O–H groups in total. The number of hydrogen-bond donors (Lipinski definition) is 0. The van der Waals surface area contributed by atoms with Crippen LogP contribution in [0.15, 0.2) is 18.2 Å². The van der Waals surface area contributed by atoms with Crippen LogP contribution in [0.1, 0.15) is 15.2 Å². The van der Waals surface area contributed by atoms with Crippen molar-refractivity contribution in [2.45, 2.75) is 6.92 Å². The molecule has 1 aromatic carbocycles. The maximum atomic E-state index is 13.7. The molecule has 106 valence electrons. The second-order valence-electron chi connectivity index (χ2n) is 4.53. The van der Waals surface area contributed by atoms with E-state index in [1.54, 1.807) is 33.2 Å². The molecule has 0 saturated carbocycles. The fraction of sp³-hybridized carbons (Fsp3) is 0.286. The van der Waals surface area contributed by atoms with Crippen LogP contribution in [0, 0.1) is 12.7 Å². The standard InChI is InChI=1S/C14H14FNO3S/c1-8-12-9(15)5-4-6-10(12)20-13(8)14(18)19-7-11(17)16(2)3/h4-6H,7H2,1-3H3. The predicted molar refractivity (Wildman–Crippen MR) is 75.5 cm³/mol. The van der Waals surface area contributed by atoms with Gasteiger partial charge < -0.3 is 9.64 Å². The fourth-order valence-electron chi connectivity index (χ4n) is 1.77. The quantitative estimate of drug-likeness (QED) is 0.818. The van der Waals surface area contributed by atoms with Crippen molar-refractivity contribution in [3.8, 4) is 0 Å². The maximum absolute atomic E-state index is 13.7. The highest BCUT2D eigenvalue weighted by Gasteiger charge is 2.19. The Kier molecular flexibility index (Phi) is 4.04. The summed E-state index contributed by atoms with van der Waals surface area (Å²) in [5, 5.41) is 0.434. The molecule has 0 saturated heterocycles. The first-order chi connectivity index (χ1) is 9.41. The van der Waals surface area contributed by atoms with Gasteiger partial charge in [0.2, 0.25) is 0 Å². The normalized spacial score (nSPS) is 10.6. The zero-order valence-electron chi connectivity index (χ0n) is 11.4. The van der Waals surface area contributed by atoms with Crippen LogP contribution < -0.4 is 0 Å². The van der Waals surface area contributed by atoms with E-state index >= 15 is 0 Å². The predicted octanol–water partition coefficient (Wildman–Crippen LogP) is 2.59. The zero-order valence-corrected chi connectivity index (χ0v) is 12.2. The van der Waals surface area contributed by atoms with E-state index in [1.165, 1.54) is 22.3 Å². The minimum Gasteiger partial charge on any atom is -0.451 e. The average Bonchev–Trinajstić information content (AvgIpc) is 2.74. The van der Waals surface area contributed by atoms with Crippen LogP contribution in [0.25, 0.3) is 10.1 Å². The van der Waals surface area contributed by atoms with E-state index in [9.17, 15) is 14.0 Å². The van der Waals surface area contributed by atoms with Gasteiger partial charge in [-0.1, -0.05) is 6.07 Å². The number of nitrogens with zero attached hydrogens (tertiary/aromatic N) is 1. The van der Waals surface area contributed by atoms with Gasteiger partial charge in [0.25, 0.3) is 5.91 Å². The molecule has 0 bridgehead atoms. The third-order valence-corrected chi connectivity index (χ3v) is 4.15. The third-order valence-electron chi connectivity index (χ3n) is 2.91. The average molecular weight is 295 g/mol. The first kappa shape index (κ1) is 14.5. The van der Waals surface area contributed by atoms with Gasteiger partial charge in [0.15, 0.2) is 6.61 Å². The first-order valence-electron chi connectivity index (χ1n) is 5.96. The van der Waals surface area contributed by atoms with E-state index in [1.807, 2.05) is 0 Å². The Labute approximate surface area is 119 Å². The Bertz CT molecular complexity index is 678. The van der Waals surface area contributed by atoms with Gasteiger partial charge in [-0.05, 0) is 24.6 Å². The molecule has 0 spiro atoms. The van der Waals surface area contributed by atoms with Gasteiger partial charge in [-0.3, -0.25) is 4.79 Å². The fourth-order valence-corrected chi connectivity index (χ4v) is 2.89. The molecular weight excluding hydrogens is 281 g/mol. The van der Waals surface area contributed by atoms with Crippen LogP contribution in [0.2, 0.25) is 0 Å². The number of ether oxygens (including phenoxy) is 1. The van der Waals surface area contributed by atoms with E-state index in [-0.39, 0.29) is 18.3 Å². The molecule has 1 amide bonds. The van der Waals surface area contributed by atoms with E-state index < -0.39 is 5.97 Å². The summed E-state index contributed by atoms with van der Waals surface area (Å²) < 4.78 is 19.4. The van der Waals surface area contributed by atoms with Gasteiger partial charge in [0, 0.05) is 24.2 Å². The van der Waals surface area contributed by atoms with E-state index in [2.05, 4.69) is 0 Å². The summed E-state index contributed by atoms with van der Waals surface area (Å²) in [5.41, 5.74) is 0.547. The maximum Gasteiger partial charge on any atom is 0.349 e. The van der Waals surface area contributed by atoms with Crippen LogP contribution in [-0.4, -0.2) is 37.5 Å². The summed E-state index contributed by atoms with van der Waals surface area (Å²) in [5.74, 6) is -1.26. The Morgan fingerprint density at radius 2 is 2.05 bits per heavy atom. The number of hydrogen-bond acceptors (Lipinski definition) is 4. The Morgan fingerprint density at radius 1 is 1.35 bits per heavy atom. The molecule has 6 heteroatoms. The lowest BCUT2D eigenvalue weighted by Crippen LogP contribution is -2.27. The number of carbonyl (C=O) groups is 2. The van der Waals surface area contributed by atoms with Gasteiger partial charge >= 0.3 is 5.97 Å². The monoisotopic (exact) mass is 295 g/mol. The second-order valence-corrected chi connectivity index (χ2v) is 5.59. The van der Waals surface area contributed by atoms with E-state index in [0.29, 0.717) is 20.5 Å². The molecule has 0 fully saturated rings. The summed E-state index contributed by atoms with van der Waals surface area (Å²) in [6.45, 7) is 1.36. The number of amides is 1. The van der Waals surface area contributed by atoms with E-state index in [0.717, 1.165) is 0 Å². The van der Waals surface area contributed by atoms with Crippen molar-refractivity contribution < 1.29 is 18.7 Å². The number of carbonyl (C=O) groups excluding carboxylic acids is 2. The summed E-state index contributed by atoms with van der Waals surface area (Å²) in [6.07, 6.45) is 0. The molecular formula is C14H14FNO3S. The number of aryl methyl sites for hydroxylation is 1. The summed E-state index contributed by atoms with van der Waals surface area (Å²) in [7, 11) is 3.16. The van der Waals surface area contributed by atoms with Gasteiger partial charge in [-0.25, -0.2) is 9.18 Å². The highest BCUT2D eigenvalue weighted by atomic mass is 32.1. The van der Waals surface area contributed by atoms with Crippen molar-refractivity contribution in [3.63, 3.8) is 0 Å². The second kappa shape index (κ2) is 5.58. The van der Waals surface area contributed by atoms with Gasteiger partial charge in [-0.15, -0.1) is 11.3 Å². The number of esters is 1. The topological polar surface area (TPSA) is 46.6 Å². The molecule has 2 aromatic rings. The van der Waals surface area contributed by atoms with Crippen molar-refractivity contribution in [1.29, 1.82) is 0 Å². The molecule has 2 rings (SSSR count). The van der Waals surface area contributed by atoms with Gasteiger partial charge in [-0.2, -0.15) is 0 Å². The van der Waals surface area contributed by atoms with Crippen LogP contribution in [0.5, 0.6) is 0 Å². The number of rotatable bonds is 3. The molecule has 1 heterocycles. The third kappa shape index (κ3) is 2.65. The molecule has 0 unspecified atom stereocenters. The zero-order chi connectivity index (χ0) is 14.9. The minimum atomic E-state index is -0.599. The lowest BCUT2D eigenvalue weighted by atomic mass is 10.1. The number of likely N-dealkylation sites (N-methyl/N-ethyl adjacent to an activating group) is 1. The van der Waals surface area contributed by atoms with E-state index in [4.69, 9.17) is 4.74 Å². The van der Waals surface area contributed by atoms with Crippen LogP contribution in [-0.2, 0) is 9.53 Å². The molecule has 20 heavy (non-hydrogen) atoms. The van der Waals surface area contributed by atoms with Gasteiger partial charge in [0.1, 0.15) is 10.7 Å². The highest BCUT2D eigenvalue weighted by Crippen LogP contribution is 2.32. The van der Waals surface area contributed by atoms with Crippen molar-refractivity contribution in [3.05, 3.63) is 34.5 Å². The molecule has 0 radical (unpaired) electrons. The first-order valence-corrected chi connectivity index (χ1v) is 6.78. The Hall–Kier alpha value is -1.95. The SMILES string of the molecule is Cc1c(C(=O)OCC(=O)N(C)C)sc2cccc(F)c12. The summed E-state index contributed by atoms with van der Waals surface area (Å²) in [4.78, 5) is 25.0. The lowest BCUT2D eigenvalue weighted by Gasteiger charge is -2.10. The van der Waals surface area contributed by atoms with Gasteiger partial charge in [0.05, 0.1) is 0 Å². The van der Waals surface area contributed by atoms with Crippen LogP contribution in [0.3, 0.4) is 0 Å². The van der Waals surface area contributed by atoms with Crippen LogP contribution in [0.4, 0.5) is 4.39 Å². The molecule has 0 atom stereocenters. The van der Waals surface area contributed by atoms with Crippen molar-refractivity contribution in [1.82, 2.24) is 4.90 Å². The highest BCUT2D eigenvalue weighted by molar-refractivity contribution is 7.21. The molecule has 1 aromatic heterocycles. The summed E-state index contributed by atoms with van der Waals surface area (Å²) in [6, 6.07) is 4.70. The number of thiophene rings is 1. The smallest absolute Gasteiger partial charge is 0.349 e. The summed E-state index contributed by atoms with van der Waals surface area (Å²) >= 11 is 1.17. The number of benzene rings is 1. The lowest BCUT2D eigenvalue weighted by molar-refractivity contribution is -0.131. The van der Waals surface area contributed by atoms with Crippen molar-refractivity contribution in [2.24, 2.45) is 0 Å². The molecule has 4 nitrogen and oxygen atoms in total. The Morgan fingerprint density at radius 3 is 2.65 bits per heavy atom. The van der Waals surface area contributed by atoms with Crippen LogP contribution >= 0.6 is 11.3 Å². The number of fused-ring (bicyclic) bond motifs is 1.